The van der Waals surface area contributed by atoms with Gasteiger partial charge in [0.05, 0.1) is 5.56 Å². The molecule has 5 rings (SSSR count). The summed E-state index contributed by atoms with van der Waals surface area (Å²) in [5.41, 5.74) is 5.25. The third kappa shape index (κ3) is 4.24. The van der Waals surface area contributed by atoms with E-state index in [9.17, 15) is 34.8 Å². The first-order valence-electron chi connectivity index (χ1n) is 13.2. The van der Waals surface area contributed by atoms with Crippen LogP contribution in [-0.4, -0.2) is 64.1 Å². The van der Waals surface area contributed by atoms with Crippen LogP contribution in [0.25, 0.3) is 5.76 Å². The molecule has 0 spiro atoms. The van der Waals surface area contributed by atoms with Gasteiger partial charge in [-0.3, -0.25) is 14.4 Å². The number of ketones is 2. The van der Waals surface area contributed by atoms with Gasteiger partial charge in [-0.2, -0.15) is 0 Å². The minimum Gasteiger partial charge on any atom is -0.508 e. The number of amides is 1. The topological polar surface area (TPSA) is 173 Å². The molecule has 3 aliphatic rings. The average molecular weight is 548 g/mol. The van der Waals surface area contributed by atoms with Gasteiger partial charge in [-0.15, -0.1) is 0 Å². The van der Waals surface area contributed by atoms with Gasteiger partial charge in [0.15, 0.2) is 11.4 Å². The second kappa shape index (κ2) is 10.1. The molecule has 2 aromatic rings. The monoisotopic (exact) mass is 547 g/mol. The molecule has 2 aromatic carbocycles. The predicted octanol–water partition coefficient (Wildman–Crippen LogP) is 1.82. The van der Waals surface area contributed by atoms with Crippen LogP contribution in [0.15, 0.2) is 53.3 Å². The highest BCUT2D eigenvalue weighted by molar-refractivity contribution is 6.22. The lowest BCUT2D eigenvalue weighted by Crippen LogP contribution is -2.58. The minimum atomic E-state index is -2.57. The number of Topliss-reactive ketones (excluding diaryl/α,β-unsaturated/α-hetero) is 2. The third-order valence-electron chi connectivity index (χ3n) is 8.31. The number of phenols is 1. The molecule has 1 fully saturated rings. The maximum Gasteiger partial charge on any atom is 0.255 e. The van der Waals surface area contributed by atoms with E-state index < -0.39 is 52.0 Å². The molecule has 1 saturated carbocycles. The van der Waals surface area contributed by atoms with Crippen LogP contribution >= 0.6 is 0 Å². The molecule has 210 valence electrons. The Balaban J connectivity index is 1.52. The van der Waals surface area contributed by atoms with E-state index in [1.165, 1.54) is 5.56 Å². The van der Waals surface area contributed by atoms with Crippen molar-refractivity contribution in [2.24, 2.45) is 17.6 Å². The first kappa shape index (κ1) is 27.4. The van der Waals surface area contributed by atoms with Crippen molar-refractivity contribution in [1.82, 2.24) is 5.32 Å². The van der Waals surface area contributed by atoms with Gasteiger partial charge in [-0.05, 0) is 54.5 Å². The number of hydrogen-bond acceptors (Lipinski definition) is 9. The molecule has 3 atom stereocenters. The zero-order chi connectivity index (χ0) is 28.9. The number of rotatable bonds is 7. The van der Waals surface area contributed by atoms with E-state index >= 15 is 0 Å². The molecule has 1 amide bonds. The number of benzene rings is 2. The number of aliphatic hydroxyl groups excluding tert-OH is 2. The molecule has 1 unspecified atom stereocenters. The summed E-state index contributed by atoms with van der Waals surface area (Å²) in [5, 5.41) is 47.9. The van der Waals surface area contributed by atoms with Gasteiger partial charge in [0.2, 0.25) is 5.78 Å². The maximum atomic E-state index is 13.7. The summed E-state index contributed by atoms with van der Waals surface area (Å²) in [6.45, 7) is 1.16. The van der Waals surface area contributed by atoms with Crippen LogP contribution in [0.2, 0.25) is 0 Å². The maximum absolute atomic E-state index is 13.7. The number of aromatic hydroxyl groups is 1. The SMILES string of the molecule is CN(C)c1c(CNCCc2ccccc2)cc(O)c2c1CC1C[C@H]3CC(=O)C(C(N)=O)=C(O)[C@@]3(O)C(=O)C1=C2O. The van der Waals surface area contributed by atoms with Crippen molar-refractivity contribution >= 4 is 28.9 Å². The fraction of sp³-hybridized carbons (Fsp3) is 0.367. The normalized spacial score (nSPS) is 24.0. The standard InChI is InChI=1S/C30H33N3O7/c1-33(2)25-17(14-32-9-8-15-6-4-3-5-7-15)12-20(34)23-19(25)11-16-10-18-13-21(35)24(29(31)39)28(38)30(18,40)27(37)22(16)26(23)36/h3-7,12,16,18,32,34,36,38,40H,8-11,13-14H2,1-2H3,(H2,31,39)/t16?,18-,30-/m0/s1. The molecule has 0 aromatic heterocycles. The van der Waals surface area contributed by atoms with E-state index in [0.717, 1.165) is 17.7 Å². The Kier molecular flexibility index (Phi) is 6.93. The smallest absolute Gasteiger partial charge is 0.255 e. The number of nitrogens with one attached hydrogen (secondary N) is 1. The summed E-state index contributed by atoms with van der Waals surface area (Å²) in [4.78, 5) is 40.0. The van der Waals surface area contributed by atoms with Gasteiger partial charge < -0.3 is 36.4 Å². The van der Waals surface area contributed by atoms with Gasteiger partial charge in [-0.1, -0.05) is 30.3 Å². The first-order chi connectivity index (χ1) is 19.0. The van der Waals surface area contributed by atoms with Crippen LogP contribution in [0, 0.1) is 11.8 Å². The van der Waals surface area contributed by atoms with Gasteiger partial charge in [0.1, 0.15) is 22.8 Å². The fourth-order valence-corrected chi connectivity index (χ4v) is 6.54. The number of hydrogen-bond donors (Lipinski definition) is 6. The summed E-state index contributed by atoms with van der Waals surface area (Å²) in [7, 11) is 3.71. The number of carbonyl (C=O) groups excluding carboxylic acids is 3. The summed E-state index contributed by atoms with van der Waals surface area (Å²) >= 11 is 0. The van der Waals surface area contributed by atoms with E-state index in [1.807, 2.05) is 37.2 Å². The predicted molar refractivity (Wildman–Crippen MR) is 148 cm³/mol. The van der Waals surface area contributed by atoms with Crippen LogP contribution in [0.5, 0.6) is 5.75 Å². The van der Waals surface area contributed by atoms with Crippen molar-refractivity contribution in [3.8, 4) is 5.75 Å². The fourth-order valence-electron chi connectivity index (χ4n) is 6.54. The Bertz CT molecular complexity index is 1480. The Morgan fingerprint density at radius 3 is 2.48 bits per heavy atom. The number of phenolic OH excluding ortho intramolecular Hbond substituents is 1. The van der Waals surface area contributed by atoms with Crippen molar-refractivity contribution < 1.29 is 34.8 Å². The molecule has 10 nitrogen and oxygen atoms in total. The summed E-state index contributed by atoms with van der Waals surface area (Å²) in [6.07, 6.45) is 0.830. The molecule has 0 radical (unpaired) electrons. The largest absolute Gasteiger partial charge is 0.508 e. The zero-order valence-electron chi connectivity index (χ0n) is 22.4. The third-order valence-corrected chi connectivity index (χ3v) is 8.31. The van der Waals surface area contributed by atoms with Gasteiger partial charge in [-0.25, -0.2) is 0 Å². The molecule has 0 aliphatic heterocycles. The molecule has 0 heterocycles. The van der Waals surface area contributed by atoms with Gasteiger partial charge >= 0.3 is 0 Å². The van der Waals surface area contributed by atoms with Crippen LogP contribution in [-0.2, 0) is 33.8 Å². The van der Waals surface area contributed by atoms with Crippen LogP contribution in [0.1, 0.15) is 35.1 Å². The molecule has 0 saturated heterocycles. The van der Waals surface area contributed by atoms with Crippen LogP contribution in [0.4, 0.5) is 5.69 Å². The molecule has 40 heavy (non-hydrogen) atoms. The molecular formula is C30H33N3O7. The number of nitrogens with zero attached hydrogens (tertiary/aromatic N) is 1. The van der Waals surface area contributed by atoms with E-state index in [4.69, 9.17) is 5.73 Å². The quantitative estimate of drug-likeness (QED) is 0.223. The number of fused-ring (bicyclic) bond motifs is 3. The Hall–Kier alpha value is -4.15. The van der Waals surface area contributed by atoms with Gasteiger partial charge in [0, 0.05) is 44.2 Å². The van der Waals surface area contributed by atoms with Crippen molar-refractivity contribution in [2.45, 2.75) is 37.8 Å². The van der Waals surface area contributed by atoms with Crippen molar-refractivity contribution in [3.05, 3.63) is 75.6 Å². The lowest BCUT2D eigenvalue weighted by Gasteiger charge is -2.46. The molecule has 10 heteroatoms. The van der Waals surface area contributed by atoms with Gasteiger partial charge in [0.25, 0.3) is 5.91 Å². The molecule has 7 N–H and O–H groups in total. The summed E-state index contributed by atoms with van der Waals surface area (Å²) in [6, 6.07) is 11.6. The van der Waals surface area contributed by atoms with Crippen LogP contribution < -0.4 is 16.0 Å². The summed E-state index contributed by atoms with van der Waals surface area (Å²) in [5.74, 6) is -6.35. The number of carbonyl (C=O) groups is 3. The van der Waals surface area contributed by atoms with E-state index in [2.05, 4.69) is 17.4 Å². The molecule has 3 aliphatic carbocycles. The average Bonchev–Trinajstić information content (AvgIpc) is 2.88. The zero-order valence-corrected chi connectivity index (χ0v) is 22.4. The second-order valence-corrected chi connectivity index (χ2v) is 11.0. The highest BCUT2D eigenvalue weighted by atomic mass is 16.3. The number of nitrogens with two attached hydrogens (primary N) is 1. The van der Waals surface area contributed by atoms with Crippen molar-refractivity contribution in [2.75, 3.05) is 25.5 Å². The van der Waals surface area contributed by atoms with E-state index in [-0.39, 0.29) is 36.1 Å². The first-order valence-corrected chi connectivity index (χ1v) is 13.2. The number of primary amides is 1. The lowest BCUT2D eigenvalue weighted by molar-refractivity contribution is -0.147. The Labute approximate surface area is 231 Å². The summed E-state index contributed by atoms with van der Waals surface area (Å²) < 4.78 is 0. The van der Waals surface area contributed by atoms with Crippen LogP contribution in [0.3, 0.4) is 0 Å². The Morgan fingerprint density at radius 1 is 1.12 bits per heavy atom. The highest BCUT2D eigenvalue weighted by Gasteiger charge is 2.60. The lowest BCUT2D eigenvalue weighted by atomic mass is 9.59. The Morgan fingerprint density at radius 2 is 1.82 bits per heavy atom. The second-order valence-electron chi connectivity index (χ2n) is 11.0. The molecule has 0 bridgehead atoms. The van der Waals surface area contributed by atoms with E-state index in [0.29, 0.717) is 18.7 Å². The molecular weight excluding hydrogens is 514 g/mol. The van der Waals surface area contributed by atoms with E-state index in [1.54, 1.807) is 6.07 Å². The minimum absolute atomic E-state index is 0.0869. The number of aliphatic hydroxyl groups is 3. The highest BCUT2D eigenvalue weighted by Crippen LogP contribution is 2.53. The van der Waals surface area contributed by atoms with Crippen molar-refractivity contribution in [1.29, 1.82) is 0 Å². The number of anilines is 1. The van der Waals surface area contributed by atoms with Crippen molar-refractivity contribution in [3.63, 3.8) is 0 Å².